The van der Waals surface area contributed by atoms with Gasteiger partial charge >= 0.3 is 0 Å². The van der Waals surface area contributed by atoms with Gasteiger partial charge in [-0.05, 0) is 18.9 Å². The lowest BCUT2D eigenvalue weighted by Crippen LogP contribution is -2.21. The van der Waals surface area contributed by atoms with Crippen LogP contribution in [0.5, 0.6) is 0 Å². The van der Waals surface area contributed by atoms with Crippen molar-refractivity contribution < 1.29 is 0 Å². The molecular formula is C14H20N4S. The van der Waals surface area contributed by atoms with Crippen molar-refractivity contribution in [3.05, 3.63) is 28.5 Å². The summed E-state index contributed by atoms with van der Waals surface area (Å²) in [5, 5.41) is 4.35. The second kappa shape index (κ2) is 6.21. The van der Waals surface area contributed by atoms with Crippen molar-refractivity contribution in [1.29, 1.82) is 0 Å². The maximum atomic E-state index is 4.66. The van der Waals surface area contributed by atoms with Gasteiger partial charge in [-0.15, -0.1) is 11.3 Å². The zero-order valence-electron chi connectivity index (χ0n) is 11.9. The number of hydrogen-bond donors (Lipinski definition) is 1. The van der Waals surface area contributed by atoms with Gasteiger partial charge in [-0.25, -0.2) is 15.0 Å². The van der Waals surface area contributed by atoms with Gasteiger partial charge < -0.3 is 5.32 Å². The van der Waals surface area contributed by atoms with Gasteiger partial charge in [0, 0.05) is 29.9 Å². The van der Waals surface area contributed by atoms with Crippen LogP contribution in [-0.2, 0) is 13.0 Å². The third kappa shape index (κ3) is 3.58. The van der Waals surface area contributed by atoms with Crippen LogP contribution in [0, 0.1) is 6.92 Å². The third-order valence-electron chi connectivity index (χ3n) is 2.76. The molecule has 2 heterocycles. The molecule has 0 saturated heterocycles. The Morgan fingerprint density at radius 3 is 2.53 bits per heavy atom. The van der Waals surface area contributed by atoms with Crippen LogP contribution in [-0.4, -0.2) is 21.0 Å². The summed E-state index contributed by atoms with van der Waals surface area (Å²) in [4.78, 5) is 14.6. The Hall–Kier alpha value is -1.33. The van der Waals surface area contributed by atoms with E-state index in [9.17, 15) is 0 Å². The first-order valence-corrected chi connectivity index (χ1v) is 7.42. The highest BCUT2D eigenvalue weighted by molar-refractivity contribution is 7.15. The van der Waals surface area contributed by atoms with Crippen LogP contribution in [0.4, 0.5) is 0 Å². The van der Waals surface area contributed by atoms with E-state index >= 15 is 0 Å². The number of nitrogens with zero attached hydrogens (tertiary/aromatic N) is 3. The Labute approximate surface area is 118 Å². The highest BCUT2D eigenvalue weighted by atomic mass is 32.1. The molecule has 102 valence electrons. The number of nitrogens with one attached hydrogen (secondary N) is 1. The predicted octanol–water partition coefficient (Wildman–Crippen LogP) is 2.97. The summed E-state index contributed by atoms with van der Waals surface area (Å²) in [6.45, 7) is 9.28. The van der Waals surface area contributed by atoms with E-state index in [4.69, 9.17) is 0 Å². The van der Waals surface area contributed by atoms with E-state index in [1.165, 1.54) is 4.88 Å². The Morgan fingerprint density at radius 1 is 1.26 bits per heavy atom. The number of aryl methyl sites for hydroxylation is 2. The van der Waals surface area contributed by atoms with Gasteiger partial charge in [-0.1, -0.05) is 20.8 Å². The molecule has 0 aliphatic heterocycles. The summed E-state index contributed by atoms with van der Waals surface area (Å²) in [5.74, 6) is 0.723. The molecule has 0 unspecified atom stereocenters. The summed E-state index contributed by atoms with van der Waals surface area (Å²) in [7, 11) is 0. The third-order valence-corrected chi connectivity index (χ3v) is 3.85. The molecule has 2 rings (SSSR count). The van der Waals surface area contributed by atoms with Crippen molar-refractivity contribution in [2.45, 2.75) is 46.7 Å². The van der Waals surface area contributed by atoms with Gasteiger partial charge in [0.25, 0.3) is 0 Å². The van der Waals surface area contributed by atoms with Crippen molar-refractivity contribution in [3.63, 3.8) is 0 Å². The molecule has 0 atom stereocenters. The van der Waals surface area contributed by atoms with Crippen LogP contribution in [0.2, 0.25) is 0 Å². The van der Waals surface area contributed by atoms with Gasteiger partial charge in [-0.3, -0.25) is 0 Å². The maximum absolute atomic E-state index is 4.66. The first-order valence-electron chi connectivity index (χ1n) is 6.61. The van der Waals surface area contributed by atoms with Crippen molar-refractivity contribution in [3.8, 4) is 10.8 Å². The molecule has 0 amide bonds. The molecule has 0 aliphatic carbocycles. The largest absolute Gasteiger partial charge is 0.310 e. The molecule has 19 heavy (non-hydrogen) atoms. The summed E-state index contributed by atoms with van der Waals surface area (Å²) in [6, 6.07) is 0.478. The molecule has 0 radical (unpaired) electrons. The lowest BCUT2D eigenvalue weighted by Gasteiger charge is -2.06. The molecule has 0 fully saturated rings. The number of aromatic nitrogens is 3. The molecule has 2 aromatic rings. The normalized spacial score (nSPS) is 11.2. The van der Waals surface area contributed by atoms with E-state index in [2.05, 4.69) is 41.0 Å². The van der Waals surface area contributed by atoms with Gasteiger partial charge in [0.05, 0.1) is 5.69 Å². The molecular weight excluding hydrogens is 256 g/mol. The molecule has 0 aliphatic rings. The second-order valence-corrected chi connectivity index (χ2v) is 5.95. The van der Waals surface area contributed by atoms with Crippen LogP contribution >= 0.6 is 11.3 Å². The fraction of sp³-hybridized carbons (Fsp3) is 0.500. The number of hydrogen-bond acceptors (Lipinski definition) is 5. The molecule has 4 nitrogen and oxygen atoms in total. The fourth-order valence-electron chi connectivity index (χ4n) is 1.69. The lowest BCUT2D eigenvalue weighted by molar-refractivity contribution is 0.590. The topological polar surface area (TPSA) is 50.7 Å². The molecule has 5 heteroatoms. The van der Waals surface area contributed by atoms with Gasteiger partial charge in [0.15, 0.2) is 10.8 Å². The molecule has 2 aromatic heterocycles. The SMILES string of the molecule is CCc1nc(-c2ncc(C)cn2)sc1CNC(C)C. The number of rotatable bonds is 5. The van der Waals surface area contributed by atoms with Crippen LogP contribution in [0.25, 0.3) is 10.8 Å². The minimum Gasteiger partial charge on any atom is -0.310 e. The Kier molecular flexibility index (Phi) is 4.61. The zero-order chi connectivity index (χ0) is 13.8. The minimum atomic E-state index is 0.478. The fourth-order valence-corrected chi connectivity index (χ4v) is 2.74. The first-order chi connectivity index (χ1) is 9.10. The van der Waals surface area contributed by atoms with Crippen molar-refractivity contribution >= 4 is 11.3 Å². The van der Waals surface area contributed by atoms with Crippen molar-refractivity contribution in [1.82, 2.24) is 20.3 Å². The van der Waals surface area contributed by atoms with Crippen molar-refractivity contribution in [2.24, 2.45) is 0 Å². The predicted molar refractivity (Wildman–Crippen MR) is 79.2 cm³/mol. The quantitative estimate of drug-likeness (QED) is 0.912. The average molecular weight is 276 g/mol. The lowest BCUT2D eigenvalue weighted by atomic mass is 10.3. The van der Waals surface area contributed by atoms with Crippen LogP contribution in [0.3, 0.4) is 0 Å². The highest BCUT2D eigenvalue weighted by Gasteiger charge is 2.13. The van der Waals surface area contributed by atoms with E-state index in [-0.39, 0.29) is 0 Å². The first kappa shape index (κ1) is 14.1. The van der Waals surface area contributed by atoms with E-state index in [0.717, 1.165) is 35.1 Å². The summed E-state index contributed by atoms with van der Waals surface area (Å²) in [5.41, 5.74) is 2.22. The average Bonchev–Trinajstić information content (AvgIpc) is 2.80. The Morgan fingerprint density at radius 2 is 1.95 bits per heavy atom. The van der Waals surface area contributed by atoms with Crippen LogP contribution < -0.4 is 5.32 Å². The van der Waals surface area contributed by atoms with E-state index in [1.54, 1.807) is 11.3 Å². The molecule has 0 spiro atoms. The monoisotopic (exact) mass is 276 g/mol. The molecule has 0 bridgehead atoms. The Bertz CT molecular complexity index is 531. The molecule has 0 aromatic carbocycles. The molecule has 1 N–H and O–H groups in total. The summed E-state index contributed by atoms with van der Waals surface area (Å²) < 4.78 is 0. The van der Waals surface area contributed by atoms with Crippen LogP contribution in [0.15, 0.2) is 12.4 Å². The summed E-state index contributed by atoms with van der Waals surface area (Å²) >= 11 is 1.69. The number of thiazole rings is 1. The van der Waals surface area contributed by atoms with E-state index in [0.29, 0.717) is 6.04 Å². The zero-order valence-corrected chi connectivity index (χ0v) is 12.7. The van der Waals surface area contributed by atoms with E-state index in [1.807, 2.05) is 19.3 Å². The molecule has 0 saturated carbocycles. The minimum absolute atomic E-state index is 0.478. The van der Waals surface area contributed by atoms with Gasteiger partial charge in [0.1, 0.15) is 0 Å². The van der Waals surface area contributed by atoms with E-state index < -0.39 is 0 Å². The smallest absolute Gasteiger partial charge is 0.188 e. The van der Waals surface area contributed by atoms with Crippen molar-refractivity contribution in [2.75, 3.05) is 0 Å². The maximum Gasteiger partial charge on any atom is 0.188 e. The van der Waals surface area contributed by atoms with Crippen LogP contribution in [0.1, 0.15) is 36.9 Å². The van der Waals surface area contributed by atoms with Gasteiger partial charge in [0.2, 0.25) is 0 Å². The highest BCUT2D eigenvalue weighted by Crippen LogP contribution is 2.26. The van der Waals surface area contributed by atoms with Gasteiger partial charge in [-0.2, -0.15) is 0 Å². The Balaban J connectivity index is 2.25. The second-order valence-electron chi connectivity index (χ2n) is 4.86. The standard InChI is InChI=1S/C14H20N4S/c1-5-11-12(8-15-9(2)3)19-14(18-11)13-16-6-10(4)7-17-13/h6-7,9,15H,5,8H2,1-4H3. The summed E-state index contributed by atoms with van der Waals surface area (Å²) in [6.07, 6.45) is 4.61.